The summed E-state index contributed by atoms with van der Waals surface area (Å²) in [7, 11) is 0. The van der Waals surface area contributed by atoms with Gasteiger partial charge in [0.05, 0.1) is 0 Å². The molecule has 0 spiro atoms. The number of amides is 2. The summed E-state index contributed by atoms with van der Waals surface area (Å²) >= 11 is 4.69. The van der Waals surface area contributed by atoms with Gasteiger partial charge in [0.2, 0.25) is 11.8 Å². The van der Waals surface area contributed by atoms with Gasteiger partial charge in [0, 0.05) is 13.1 Å². The standard InChI is InChI=1S/C11H18N4O2S/c12-11(18)13-5-1-3-7-10(17)15-6-2-4-8(15)9(16)14-7/h7-8H,1-6H2,(H,14,16)(H3,12,13,18)/t7-,8?/m0/s1. The lowest BCUT2D eigenvalue weighted by molar-refractivity contribution is -0.147. The second-order valence-electron chi connectivity index (χ2n) is 4.68. The Morgan fingerprint density at radius 1 is 1.56 bits per heavy atom. The SMILES string of the molecule is NC(=S)NCCC[C@@H]1NC(=O)C2CCCN2C1=O. The van der Waals surface area contributed by atoms with E-state index >= 15 is 0 Å². The van der Waals surface area contributed by atoms with Crippen molar-refractivity contribution in [2.24, 2.45) is 5.73 Å². The Morgan fingerprint density at radius 2 is 2.33 bits per heavy atom. The van der Waals surface area contributed by atoms with E-state index in [0.29, 0.717) is 19.5 Å². The number of fused-ring (bicyclic) bond motifs is 1. The number of nitrogens with two attached hydrogens (primary N) is 1. The molecule has 7 heteroatoms. The molecule has 100 valence electrons. The monoisotopic (exact) mass is 270 g/mol. The van der Waals surface area contributed by atoms with E-state index in [4.69, 9.17) is 18.0 Å². The number of nitrogens with zero attached hydrogens (tertiary/aromatic N) is 1. The number of thiocarbonyl (C=S) groups is 1. The number of piperazine rings is 1. The first-order valence-corrected chi connectivity index (χ1v) is 6.64. The first-order valence-electron chi connectivity index (χ1n) is 6.24. The summed E-state index contributed by atoms with van der Waals surface area (Å²) in [5.41, 5.74) is 5.31. The van der Waals surface area contributed by atoms with Crippen LogP contribution in [0.25, 0.3) is 0 Å². The molecule has 2 aliphatic heterocycles. The van der Waals surface area contributed by atoms with Gasteiger partial charge in [-0.05, 0) is 37.9 Å². The van der Waals surface area contributed by atoms with Crippen molar-refractivity contribution in [3.63, 3.8) is 0 Å². The van der Waals surface area contributed by atoms with E-state index in [9.17, 15) is 9.59 Å². The van der Waals surface area contributed by atoms with Crippen LogP contribution in [0.3, 0.4) is 0 Å². The minimum Gasteiger partial charge on any atom is -0.376 e. The van der Waals surface area contributed by atoms with Crippen molar-refractivity contribution in [1.82, 2.24) is 15.5 Å². The van der Waals surface area contributed by atoms with Gasteiger partial charge >= 0.3 is 0 Å². The molecule has 2 aliphatic rings. The third kappa shape index (κ3) is 2.72. The lowest BCUT2D eigenvalue weighted by atomic mass is 10.0. The van der Waals surface area contributed by atoms with Gasteiger partial charge in [-0.3, -0.25) is 9.59 Å². The van der Waals surface area contributed by atoms with Crippen LogP contribution in [0.15, 0.2) is 0 Å². The number of rotatable bonds is 4. The van der Waals surface area contributed by atoms with E-state index < -0.39 is 0 Å². The zero-order chi connectivity index (χ0) is 13.1. The van der Waals surface area contributed by atoms with Crippen molar-refractivity contribution in [3.05, 3.63) is 0 Å². The van der Waals surface area contributed by atoms with Crippen LogP contribution < -0.4 is 16.4 Å². The van der Waals surface area contributed by atoms with Crippen LogP contribution in [-0.2, 0) is 9.59 Å². The topological polar surface area (TPSA) is 87.5 Å². The molecule has 0 saturated carbocycles. The highest BCUT2D eigenvalue weighted by atomic mass is 32.1. The van der Waals surface area contributed by atoms with Crippen molar-refractivity contribution in [1.29, 1.82) is 0 Å². The number of hydrogen-bond donors (Lipinski definition) is 3. The van der Waals surface area contributed by atoms with Crippen LogP contribution in [0.2, 0.25) is 0 Å². The van der Waals surface area contributed by atoms with Crippen molar-refractivity contribution < 1.29 is 9.59 Å². The fourth-order valence-corrected chi connectivity index (χ4v) is 2.65. The Labute approximate surface area is 111 Å². The number of carbonyl (C=O) groups is 2. The average molecular weight is 270 g/mol. The minimum atomic E-state index is -0.389. The Kier molecular flexibility index (Phi) is 4.00. The van der Waals surface area contributed by atoms with Crippen LogP contribution >= 0.6 is 12.2 Å². The van der Waals surface area contributed by atoms with Gasteiger partial charge in [0.25, 0.3) is 0 Å². The molecular weight excluding hydrogens is 252 g/mol. The molecule has 2 heterocycles. The third-order valence-electron chi connectivity index (χ3n) is 3.42. The fourth-order valence-electron chi connectivity index (χ4n) is 2.55. The molecule has 2 saturated heterocycles. The Bertz CT molecular complexity index is 374. The number of carbonyl (C=O) groups excluding carboxylic acids is 2. The van der Waals surface area contributed by atoms with Gasteiger partial charge < -0.3 is 21.3 Å². The van der Waals surface area contributed by atoms with Gasteiger partial charge in [-0.15, -0.1) is 0 Å². The van der Waals surface area contributed by atoms with E-state index in [1.54, 1.807) is 4.90 Å². The Hall–Kier alpha value is -1.37. The molecule has 4 N–H and O–H groups in total. The summed E-state index contributed by atoms with van der Waals surface area (Å²) in [6.45, 7) is 1.33. The Morgan fingerprint density at radius 3 is 3.06 bits per heavy atom. The van der Waals surface area contributed by atoms with Crippen molar-refractivity contribution in [2.45, 2.75) is 37.8 Å². The highest BCUT2D eigenvalue weighted by Crippen LogP contribution is 2.23. The van der Waals surface area contributed by atoms with Crippen LogP contribution in [-0.4, -0.2) is 47.0 Å². The van der Waals surface area contributed by atoms with Crippen molar-refractivity contribution in [3.8, 4) is 0 Å². The maximum Gasteiger partial charge on any atom is 0.245 e. The molecule has 18 heavy (non-hydrogen) atoms. The molecule has 6 nitrogen and oxygen atoms in total. The summed E-state index contributed by atoms with van der Waals surface area (Å²) in [5.74, 6) is 0.0341. The van der Waals surface area contributed by atoms with Crippen LogP contribution in [0.1, 0.15) is 25.7 Å². The summed E-state index contributed by atoms with van der Waals surface area (Å²) in [5, 5.41) is 5.89. The van der Waals surface area contributed by atoms with Crippen LogP contribution in [0, 0.1) is 0 Å². The highest BCUT2D eigenvalue weighted by molar-refractivity contribution is 7.80. The summed E-state index contributed by atoms with van der Waals surface area (Å²) in [4.78, 5) is 25.6. The zero-order valence-electron chi connectivity index (χ0n) is 10.1. The molecule has 2 rings (SSSR count). The predicted molar refractivity (Wildman–Crippen MR) is 70.7 cm³/mol. The van der Waals surface area contributed by atoms with E-state index in [1.165, 1.54) is 0 Å². The molecule has 2 amide bonds. The molecule has 1 unspecified atom stereocenters. The molecule has 0 aliphatic carbocycles. The molecule has 0 aromatic heterocycles. The molecule has 0 radical (unpaired) electrons. The van der Waals surface area contributed by atoms with E-state index in [-0.39, 0.29) is 29.0 Å². The fraction of sp³-hybridized carbons (Fsp3) is 0.727. The first-order chi connectivity index (χ1) is 8.59. The lowest BCUT2D eigenvalue weighted by Crippen LogP contribution is -2.61. The molecule has 0 aromatic carbocycles. The zero-order valence-corrected chi connectivity index (χ0v) is 11.0. The van der Waals surface area contributed by atoms with Crippen LogP contribution in [0.4, 0.5) is 0 Å². The van der Waals surface area contributed by atoms with Gasteiger partial charge in [-0.25, -0.2) is 0 Å². The van der Waals surface area contributed by atoms with Crippen molar-refractivity contribution >= 4 is 29.1 Å². The van der Waals surface area contributed by atoms with Crippen molar-refractivity contribution in [2.75, 3.05) is 13.1 Å². The molecule has 0 aromatic rings. The molecule has 2 atom stereocenters. The highest BCUT2D eigenvalue weighted by Gasteiger charge is 2.42. The van der Waals surface area contributed by atoms with Gasteiger partial charge in [-0.2, -0.15) is 0 Å². The third-order valence-corrected chi connectivity index (χ3v) is 3.57. The number of hydrogen-bond acceptors (Lipinski definition) is 3. The van der Waals surface area contributed by atoms with Gasteiger partial charge in [-0.1, -0.05) is 0 Å². The summed E-state index contributed by atoms with van der Waals surface area (Å²) in [6, 6.07) is -0.622. The smallest absolute Gasteiger partial charge is 0.245 e. The summed E-state index contributed by atoms with van der Waals surface area (Å²) < 4.78 is 0. The molecule has 2 fully saturated rings. The molecular formula is C11H18N4O2S. The van der Waals surface area contributed by atoms with E-state index in [1.807, 2.05) is 0 Å². The normalized spacial score (nSPS) is 26.8. The maximum atomic E-state index is 12.1. The largest absolute Gasteiger partial charge is 0.376 e. The molecule has 0 bridgehead atoms. The first kappa shape index (κ1) is 13.1. The van der Waals surface area contributed by atoms with Crippen LogP contribution in [0.5, 0.6) is 0 Å². The van der Waals surface area contributed by atoms with Gasteiger partial charge in [0.1, 0.15) is 12.1 Å². The van der Waals surface area contributed by atoms with E-state index in [2.05, 4.69) is 10.6 Å². The lowest BCUT2D eigenvalue weighted by Gasteiger charge is -2.34. The summed E-state index contributed by atoms with van der Waals surface area (Å²) in [6.07, 6.45) is 3.06. The second kappa shape index (κ2) is 5.51. The quantitative estimate of drug-likeness (QED) is 0.455. The number of nitrogens with one attached hydrogen (secondary N) is 2. The Balaban J connectivity index is 1.84. The maximum absolute atomic E-state index is 12.1. The van der Waals surface area contributed by atoms with E-state index in [0.717, 1.165) is 19.3 Å². The minimum absolute atomic E-state index is 0.0144. The second-order valence-corrected chi connectivity index (χ2v) is 5.12. The average Bonchev–Trinajstić information content (AvgIpc) is 2.80. The predicted octanol–water partition coefficient (Wildman–Crippen LogP) is -0.911. The van der Waals surface area contributed by atoms with Gasteiger partial charge in [0.15, 0.2) is 5.11 Å².